The van der Waals surface area contributed by atoms with E-state index in [0.29, 0.717) is 0 Å². The number of nitrogens with zero attached hydrogens (tertiary/aromatic N) is 1. The summed E-state index contributed by atoms with van der Waals surface area (Å²) in [5, 5.41) is 3.51. The Hall–Kier alpha value is -1.12. The lowest BCUT2D eigenvalue weighted by Crippen LogP contribution is -2.28. The van der Waals surface area contributed by atoms with Crippen molar-refractivity contribution in [2.75, 3.05) is 19.6 Å². The molecule has 0 amide bonds. The average molecular weight is 258 g/mol. The minimum Gasteiger partial charge on any atom is -0.313 e. The maximum Gasteiger partial charge on any atom is 0.0240 e. The standard InChI is InChI=1S/C17H26N2/c1-3-10-18-13-16-6-4-5-7-17(16)14-19-11-8-15(2)9-12-19/h4-8,18H,3,9-14H2,1-2H3. The van der Waals surface area contributed by atoms with E-state index in [-0.39, 0.29) is 0 Å². The molecule has 19 heavy (non-hydrogen) atoms. The third-order valence-electron chi connectivity index (χ3n) is 3.77. The summed E-state index contributed by atoms with van der Waals surface area (Å²) in [7, 11) is 0. The predicted molar refractivity (Wildman–Crippen MR) is 82.1 cm³/mol. The summed E-state index contributed by atoms with van der Waals surface area (Å²) >= 11 is 0. The molecule has 0 unspecified atom stereocenters. The zero-order valence-electron chi connectivity index (χ0n) is 12.3. The van der Waals surface area contributed by atoms with Crippen LogP contribution in [0.4, 0.5) is 0 Å². The lowest BCUT2D eigenvalue weighted by atomic mass is 10.0. The van der Waals surface area contributed by atoms with Crippen molar-refractivity contribution in [3.8, 4) is 0 Å². The summed E-state index contributed by atoms with van der Waals surface area (Å²) in [5.74, 6) is 0. The fourth-order valence-electron chi connectivity index (χ4n) is 2.48. The molecule has 1 heterocycles. The van der Waals surface area contributed by atoms with Gasteiger partial charge in [-0.25, -0.2) is 0 Å². The smallest absolute Gasteiger partial charge is 0.0240 e. The first kappa shape index (κ1) is 14.3. The van der Waals surface area contributed by atoms with Crippen molar-refractivity contribution in [2.24, 2.45) is 0 Å². The van der Waals surface area contributed by atoms with Gasteiger partial charge < -0.3 is 5.32 Å². The molecule has 0 saturated carbocycles. The second-order valence-electron chi connectivity index (χ2n) is 5.48. The van der Waals surface area contributed by atoms with Crippen LogP contribution in [0.5, 0.6) is 0 Å². The molecule has 0 spiro atoms. The van der Waals surface area contributed by atoms with Crippen molar-refractivity contribution in [1.29, 1.82) is 0 Å². The van der Waals surface area contributed by atoms with Gasteiger partial charge in [-0.1, -0.05) is 42.8 Å². The summed E-state index contributed by atoms with van der Waals surface area (Å²) in [6.07, 6.45) is 4.77. The van der Waals surface area contributed by atoms with Gasteiger partial charge in [-0.05, 0) is 37.4 Å². The second kappa shape index (κ2) is 7.46. The lowest BCUT2D eigenvalue weighted by Gasteiger charge is -2.26. The number of hydrogen-bond acceptors (Lipinski definition) is 2. The van der Waals surface area contributed by atoms with Crippen LogP contribution in [0.3, 0.4) is 0 Å². The van der Waals surface area contributed by atoms with Crippen LogP contribution in [0, 0.1) is 0 Å². The van der Waals surface area contributed by atoms with Crippen molar-refractivity contribution in [3.63, 3.8) is 0 Å². The number of nitrogens with one attached hydrogen (secondary N) is 1. The number of rotatable bonds is 6. The van der Waals surface area contributed by atoms with Gasteiger partial charge >= 0.3 is 0 Å². The van der Waals surface area contributed by atoms with Crippen LogP contribution >= 0.6 is 0 Å². The van der Waals surface area contributed by atoms with E-state index in [1.54, 1.807) is 0 Å². The molecule has 1 aliphatic heterocycles. The number of benzene rings is 1. The molecule has 0 atom stereocenters. The van der Waals surface area contributed by atoms with E-state index in [9.17, 15) is 0 Å². The van der Waals surface area contributed by atoms with Gasteiger partial charge in [0.05, 0.1) is 0 Å². The molecule has 2 heteroatoms. The Kier molecular flexibility index (Phi) is 5.62. The van der Waals surface area contributed by atoms with E-state index in [2.05, 4.69) is 54.4 Å². The van der Waals surface area contributed by atoms with Crippen molar-refractivity contribution < 1.29 is 0 Å². The van der Waals surface area contributed by atoms with Crippen LogP contribution in [0.2, 0.25) is 0 Å². The molecule has 0 radical (unpaired) electrons. The Labute approximate surface area is 117 Å². The van der Waals surface area contributed by atoms with Gasteiger partial charge in [-0.15, -0.1) is 0 Å². The van der Waals surface area contributed by atoms with Gasteiger partial charge in [0, 0.05) is 26.2 Å². The highest BCUT2D eigenvalue weighted by Gasteiger charge is 2.11. The van der Waals surface area contributed by atoms with Gasteiger partial charge in [0.25, 0.3) is 0 Å². The van der Waals surface area contributed by atoms with Crippen LogP contribution in [-0.2, 0) is 13.1 Å². The fourth-order valence-corrected chi connectivity index (χ4v) is 2.48. The Bertz CT molecular complexity index is 423. The first-order chi connectivity index (χ1) is 9.29. The third kappa shape index (κ3) is 4.48. The molecule has 1 aromatic carbocycles. The van der Waals surface area contributed by atoms with Gasteiger partial charge in [0.15, 0.2) is 0 Å². The van der Waals surface area contributed by atoms with E-state index < -0.39 is 0 Å². The van der Waals surface area contributed by atoms with Crippen molar-refractivity contribution in [3.05, 3.63) is 47.0 Å². The number of hydrogen-bond donors (Lipinski definition) is 1. The van der Waals surface area contributed by atoms with E-state index in [0.717, 1.165) is 26.2 Å². The summed E-state index contributed by atoms with van der Waals surface area (Å²) in [6.45, 7) is 9.91. The minimum absolute atomic E-state index is 0.993. The molecule has 0 bridgehead atoms. The summed E-state index contributed by atoms with van der Waals surface area (Å²) in [6, 6.07) is 8.83. The van der Waals surface area contributed by atoms with Gasteiger partial charge in [-0.3, -0.25) is 4.90 Å². The van der Waals surface area contributed by atoms with Crippen LogP contribution in [0.25, 0.3) is 0 Å². The first-order valence-electron chi connectivity index (χ1n) is 7.45. The van der Waals surface area contributed by atoms with Crippen molar-refractivity contribution in [1.82, 2.24) is 10.2 Å². The average Bonchev–Trinajstić information content (AvgIpc) is 2.43. The Morgan fingerprint density at radius 1 is 1.21 bits per heavy atom. The fraction of sp³-hybridized carbons (Fsp3) is 0.529. The summed E-state index contributed by atoms with van der Waals surface area (Å²) in [4.78, 5) is 2.53. The topological polar surface area (TPSA) is 15.3 Å². The Morgan fingerprint density at radius 2 is 2.00 bits per heavy atom. The van der Waals surface area contributed by atoms with E-state index in [4.69, 9.17) is 0 Å². The molecule has 2 rings (SSSR count). The zero-order valence-corrected chi connectivity index (χ0v) is 12.3. The maximum absolute atomic E-state index is 3.51. The predicted octanol–water partition coefficient (Wildman–Crippen LogP) is 3.34. The Balaban J connectivity index is 1.95. The lowest BCUT2D eigenvalue weighted by molar-refractivity contribution is 0.285. The van der Waals surface area contributed by atoms with Gasteiger partial charge in [0.1, 0.15) is 0 Å². The molecule has 0 aromatic heterocycles. The third-order valence-corrected chi connectivity index (χ3v) is 3.77. The molecule has 0 saturated heterocycles. The van der Waals surface area contributed by atoms with E-state index >= 15 is 0 Å². The molecule has 2 nitrogen and oxygen atoms in total. The van der Waals surface area contributed by atoms with Crippen LogP contribution in [-0.4, -0.2) is 24.5 Å². The summed E-state index contributed by atoms with van der Waals surface area (Å²) in [5.41, 5.74) is 4.45. The SMILES string of the molecule is CCCNCc1ccccc1CN1CC=C(C)CC1. The highest BCUT2D eigenvalue weighted by Crippen LogP contribution is 2.16. The molecule has 1 aromatic rings. The molecule has 104 valence electrons. The maximum atomic E-state index is 3.51. The highest BCUT2D eigenvalue weighted by molar-refractivity contribution is 5.27. The van der Waals surface area contributed by atoms with Crippen LogP contribution in [0.15, 0.2) is 35.9 Å². The zero-order chi connectivity index (χ0) is 13.5. The normalized spacial score (nSPS) is 16.4. The van der Waals surface area contributed by atoms with Crippen molar-refractivity contribution >= 4 is 0 Å². The monoisotopic (exact) mass is 258 g/mol. The van der Waals surface area contributed by atoms with Gasteiger partial charge in [0.2, 0.25) is 0 Å². The van der Waals surface area contributed by atoms with E-state index in [1.165, 1.54) is 36.1 Å². The molecular formula is C17H26N2. The summed E-state index contributed by atoms with van der Waals surface area (Å²) < 4.78 is 0. The minimum atomic E-state index is 0.993. The largest absolute Gasteiger partial charge is 0.313 e. The first-order valence-corrected chi connectivity index (χ1v) is 7.45. The van der Waals surface area contributed by atoms with Crippen molar-refractivity contribution in [2.45, 2.75) is 39.8 Å². The van der Waals surface area contributed by atoms with Crippen LogP contribution < -0.4 is 5.32 Å². The molecular weight excluding hydrogens is 232 g/mol. The van der Waals surface area contributed by atoms with E-state index in [1.807, 2.05) is 0 Å². The Morgan fingerprint density at radius 3 is 2.68 bits per heavy atom. The highest BCUT2D eigenvalue weighted by atomic mass is 15.1. The molecule has 1 N–H and O–H groups in total. The van der Waals surface area contributed by atoms with Gasteiger partial charge in [-0.2, -0.15) is 0 Å². The molecule has 0 aliphatic carbocycles. The molecule has 1 aliphatic rings. The molecule has 0 fully saturated rings. The quantitative estimate of drug-likeness (QED) is 0.622. The van der Waals surface area contributed by atoms with Crippen LogP contribution in [0.1, 0.15) is 37.8 Å². The second-order valence-corrected chi connectivity index (χ2v) is 5.48.